The minimum atomic E-state index is -3.37. The van der Waals surface area contributed by atoms with Gasteiger partial charge in [-0.1, -0.05) is 6.07 Å². The van der Waals surface area contributed by atoms with E-state index < -0.39 is 21.0 Å². The van der Waals surface area contributed by atoms with Crippen molar-refractivity contribution in [3.8, 4) is 0 Å². The molecule has 0 unspecified atom stereocenters. The van der Waals surface area contributed by atoms with Crippen LogP contribution >= 0.6 is 0 Å². The van der Waals surface area contributed by atoms with Gasteiger partial charge in [-0.05, 0) is 39.8 Å². The molecular formula is C13H22N2O3S. The third kappa shape index (κ3) is 3.39. The normalized spacial score (nSPS) is 13.4. The van der Waals surface area contributed by atoms with Gasteiger partial charge in [0, 0.05) is 6.26 Å². The maximum atomic E-state index is 11.6. The molecule has 0 saturated carbocycles. The Morgan fingerprint density at radius 2 is 1.74 bits per heavy atom. The van der Waals surface area contributed by atoms with Gasteiger partial charge in [0.1, 0.15) is 0 Å². The molecular weight excluding hydrogens is 264 g/mol. The topological polar surface area (TPSA) is 92.4 Å². The SMILES string of the molecule is CC(C)(O)C(C)(C)Nc1cccc(S(C)(=O)=O)c1N. The lowest BCUT2D eigenvalue weighted by Gasteiger charge is -2.39. The van der Waals surface area contributed by atoms with Crippen LogP contribution in [0.3, 0.4) is 0 Å². The predicted octanol–water partition coefficient (Wildman–Crippen LogP) is 1.63. The van der Waals surface area contributed by atoms with Crippen LogP contribution in [0.15, 0.2) is 23.1 Å². The Kier molecular flexibility index (Phi) is 3.89. The number of nitrogens with two attached hydrogens (primary N) is 1. The number of hydrogen-bond donors (Lipinski definition) is 3. The number of para-hydroxylation sites is 1. The van der Waals surface area contributed by atoms with E-state index >= 15 is 0 Å². The van der Waals surface area contributed by atoms with Gasteiger partial charge in [0.05, 0.1) is 27.4 Å². The molecule has 0 spiro atoms. The molecule has 0 aromatic heterocycles. The number of nitrogens with one attached hydrogen (secondary N) is 1. The molecule has 0 radical (unpaired) electrons. The van der Waals surface area contributed by atoms with Crippen LogP contribution in [0, 0.1) is 0 Å². The van der Waals surface area contributed by atoms with Gasteiger partial charge in [0.25, 0.3) is 0 Å². The number of rotatable bonds is 4. The van der Waals surface area contributed by atoms with Crippen LogP contribution < -0.4 is 11.1 Å². The molecule has 0 atom stereocenters. The van der Waals surface area contributed by atoms with Crippen molar-refractivity contribution in [2.24, 2.45) is 0 Å². The van der Waals surface area contributed by atoms with Crippen LogP contribution in [0.5, 0.6) is 0 Å². The lowest BCUT2D eigenvalue weighted by molar-refractivity contribution is 0.0241. The van der Waals surface area contributed by atoms with Gasteiger partial charge in [-0.15, -0.1) is 0 Å². The number of benzene rings is 1. The van der Waals surface area contributed by atoms with E-state index in [9.17, 15) is 13.5 Å². The summed E-state index contributed by atoms with van der Waals surface area (Å²) in [6.07, 6.45) is 1.11. The van der Waals surface area contributed by atoms with Gasteiger partial charge in [0.2, 0.25) is 0 Å². The summed E-state index contributed by atoms with van der Waals surface area (Å²) in [6.45, 7) is 6.99. The zero-order valence-corrected chi connectivity index (χ0v) is 12.8. The molecule has 0 heterocycles. The van der Waals surface area contributed by atoms with E-state index in [1.807, 2.05) is 13.8 Å². The van der Waals surface area contributed by atoms with Crippen molar-refractivity contribution in [3.63, 3.8) is 0 Å². The van der Waals surface area contributed by atoms with Crippen molar-refractivity contribution in [2.75, 3.05) is 17.3 Å². The highest BCUT2D eigenvalue weighted by Gasteiger charge is 2.35. The smallest absolute Gasteiger partial charge is 0.177 e. The van der Waals surface area contributed by atoms with Crippen LogP contribution in [0.25, 0.3) is 0 Å². The van der Waals surface area contributed by atoms with E-state index in [0.29, 0.717) is 5.69 Å². The van der Waals surface area contributed by atoms with Crippen molar-refractivity contribution in [3.05, 3.63) is 18.2 Å². The zero-order valence-electron chi connectivity index (χ0n) is 12.0. The number of hydrogen-bond acceptors (Lipinski definition) is 5. The summed E-state index contributed by atoms with van der Waals surface area (Å²) in [6, 6.07) is 4.78. The minimum absolute atomic E-state index is 0.0871. The van der Waals surface area contributed by atoms with Crippen LogP contribution in [0.2, 0.25) is 0 Å². The Bertz CT molecular complexity index is 572. The third-order valence-electron chi connectivity index (χ3n) is 3.44. The first-order valence-corrected chi connectivity index (χ1v) is 7.84. The molecule has 0 aliphatic rings. The molecule has 5 nitrogen and oxygen atoms in total. The van der Waals surface area contributed by atoms with Crippen molar-refractivity contribution in [1.29, 1.82) is 0 Å². The molecule has 0 saturated heterocycles. The number of sulfone groups is 1. The molecule has 0 aliphatic heterocycles. The first kappa shape index (κ1) is 15.8. The largest absolute Gasteiger partial charge is 0.396 e. The Hall–Kier alpha value is -1.27. The maximum absolute atomic E-state index is 11.6. The average Bonchev–Trinajstić information content (AvgIpc) is 2.17. The fourth-order valence-electron chi connectivity index (χ4n) is 1.47. The monoisotopic (exact) mass is 286 g/mol. The molecule has 4 N–H and O–H groups in total. The highest BCUT2D eigenvalue weighted by atomic mass is 32.2. The Morgan fingerprint density at radius 1 is 1.21 bits per heavy atom. The first-order chi connectivity index (χ1) is 8.36. The molecule has 0 amide bonds. The quantitative estimate of drug-likeness (QED) is 0.732. The Morgan fingerprint density at radius 3 is 2.16 bits per heavy atom. The van der Waals surface area contributed by atoms with E-state index in [1.54, 1.807) is 26.0 Å². The van der Waals surface area contributed by atoms with Crippen molar-refractivity contribution < 1.29 is 13.5 Å². The van der Waals surface area contributed by atoms with E-state index in [-0.39, 0.29) is 10.6 Å². The summed E-state index contributed by atoms with van der Waals surface area (Å²) in [5.41, 5.74) is 4.89. The molecule has 19 heavy (non-hydrogen) atoms. The maximum Gasteiger partial charge on any atom is 0.177 e. The molecule has 1 aromatic carbocycles. The fourth-order valence-corrected chi connectivity index (χ4v) is 2.30. The molecule has 6 heteroatoms. The lowest BCUT2D eigenvalue weighted by Crippen LogP contribution is -2.51. The van der Waals surface area contributed by atoms with Crippen LogP contribution in [0.4, 0.5) is 11.4 Å². The summed E-state index contributed by atoms with van der Waals surface area (Å²) in [5.74, 6) is 0. The number of anilines is 2. The van der Waals surface area contributed by atoms with Gasteiger partial charge >= 0.3 is 0 Å². The Labute approximate surface area is 114 Å². The second kappa shape index (κ2) is 4.68. The van der Waals surface area contributed by atoms with E-state index in [2.05, 4.69) is 5.32 Å². The number of aliphatic hydroxyl groups is 1. The standard InChI is InChI=1S/C13H22N2O3S/c1-12(2,13(3,4)16)15-9-7-6-8-10(11(9)14)19(5,17)18/h6-8,15-16H,14H2,1-5H3. The highest BCUT2D eigenvalue weighted by molar-refractivity contribution is 7.90. The van der Waals surface area contributed by atoms with Crippen molar-refractivity contribution >= 4 is 21.2 Å². The summed E-state index contributed by atoms with van der Waals surface area (Å²) >= 11 is 0. The van der Waals surface area contributed by atoms with E-state index in [1.165, 1.54) is 6.07 Å². The zero-order chi connectivity index (χ0) is 15.1. The van der Waals surface area contributed by atoms with E-state index in [4.69, 9.17) is 5.73 Å². The summed E-state index contributed by atoms with van der Waals surface area (Å²) < 4.78 is 23.2. The lowest BCUT2D eigenvalue weighted by atomic mass is 9.85. The third-order valence-corrected chi connectivity index (χ3v) is 4.60. The van der Waals surface area contributed by atoms with Gasteiger partial charge in [-0.3, -0.25) is 0 Å². The van der Waals surface area contributed by atoms with Gasteiger partial charge in [-0.2, -0.15) is 0 Å². The van der Waals surface area contributed by atoms with Crippen LogP contribution in [0.1, 0.15) is 27.7 Å². The average molecular weight is 286 g/mol. The van der Waals surface area contributed by atoms with Crippen molar-refractivity contribution in [1.82, 2.24) is 0 Å². The number of nitrogen functional groups attached to an aromatic ring is 1. The van der Waals surface area contributed by atoms with Gasteiger partial charge in [-0.25, -0.2) is 8.42 Å². The molecule has 1 rings (SSSR count). The highest BCUT2D eigenvalue weighted by Crippen LogP contribution is 2.32. The molecule has 1 aromatic rings. The first-order valence-electron chi connectivity index (χ1n) is 5.95. The molecule has 108 valence electrons. The summed E-state index contributed by atoms with van der Waals surface area (Å²) in [4.78, 5) is 0.0871. The Balaban J connectivity index is 3.26. The predicted molar refractivity (Wildman–Crippen MR) is 78.0 cm³/mol. The van der Waals surface area contributed by atoms with Gasteiger partial charge in [0.15, 0.2) is 9.84 Å². The second-order valence-corrected chi connectivity index (χ2v) is 7.78. The van der Waals surface area contributed by atoms with Crippen LogP contribution in [-0.2, 0) is 9.84 Å². The van der Waals surface area contributed by atoms with Gasteiger partial charge < -0.3 is 16.2 Å². The second-order valence-electron chi connectivity index (χ2n) is 5.80. The minimum Gasteiger partial charge on any atom is -0.396 e. The fraction of sp³-hybridized carbons (Fsp3) is 0.538. The summed E-state index contributed by atoms with van der Waals surface area (Å²) in [7, 11) is -3.37. The van der Waals surface area contributed by atoms with Crippen molar-refractivity contribution in [2.45, 2.75) is 43.7 Å². The van der Waals surface area contributed by atoms with Crippen LogP contribution in [-0.4, -0.2) is 30.9 Å². The molecule has 0 bridgehead atoms. The molecule has 0 aliphatic carbocycles. The van der Waals surface area contributed by atoms with E-state index in [0.717, 1.165) is 6.26 Å². The summed E-state index contributed by atoms with van der Waals surface area (Å²) in [5, 5.41) is 13.2. The molecule has 0 fully saturated rings.